The summed E-state index contributed by atoms with van der Waals surface area (Å²) >= 11 is 0. The second-order valence-electron chi connectivity index (χ2n) is 6.52. The number of nitrogens with one attached hydrogen (secondary N) is 1. The fourth-order valence-electron chi connectivity index (χ4n) is 2.97. The average molecular weight is 439 g/mol. The molecule has 1 aliphatic heterocycles. The highest BCUT2D eigenvalue weighted by atomic mass is 32.2. The van der Waals surface area contributed by atoms with E-state index in [0.717, 1.165) is 22.6 Å². The van der Waals surface area contributed by atoms with Gasteiger partial charge in [-0.1, -0.05) is 18.2 Å². The lowest BCUT2D eigenvalue weighted by atomic mass is 10.1. The molecule has 2 aromatic rings. The number of benzene rings is 2. The van der Waals surface area contributed by atoms with Crippen LogP contribution in [0, 0.1) is 0 Å². The number of hydrogen-bond acceptors (Lipinski definition) is 4. The van der Waals surface area contributed by atoms with Crippen molar-refractivity contribution < 1.29 is 27.5 Å². The first-order valence-corrected chi connectivity index (χ1v) is 10.7. The molecule has 0 saturated heterocycles. The number of alkyl halides is 3. The van der Waals surface area contributed by atoms with Gasteiger partial charge < -0.3 is 15.8 Å². The van der Waals surface area contributed by atoms with Crippen LogP contribution in [0.15, 0.2) is 52.4 Å². The highest BCUT2D eigenvalue weighted by Crippen LogP contribution is 2.49. The molecule has 3 N–H and O–H groups in total. The van der Waals surface area contributed by atoms with Crippen molar-refractivity contribution in [1.29, 1.82) is 0 Å². The van der Waals surface area contributed by atoms with Crippen LogP contribution in [0.3, 0.4) is 0 Å². The third-order valence-corrected chi connectivity index (χ3v) is 6.51. The van der Waals surface area contributed by atoms with Gasteiger partial charge in [-0.3, -0.25) is 9.79 Å². The highest BCUT2D eigenvalue weighted by molar-refractivity contribution is 8.28. The molecule has 2 aromatic carbocycles. The van der Waals surface area contributed by atoms with Gasteiger partial charge >= 0.3 is 12.3 Å². The summed E-state index contributed by atoms with van der Waals surface area (Å²) in [7, 11) is -0.978. The Hall–Kier alpha value is -3.01. The Labute approximate surface area is 173 Å². The lowest BCUT2D eigenvalue weighted by molar-refractivity contribution is -0.137. The maximum Gasteiger partial charge on any atom is 0.416 e. The molecule has 3 rings (SSSR count). The number of rotatable bonds is 7. The van der Waals surface area contributed by atoms with Crippen molar-refractivity contribution in [3.8, 4) is 0 Å². The molecule has 0 spiro atoms. The van der Waals surface area contributed by atoms with Crippen LogP contribution in [0.5, 0.6) is 0 Å². The van der Waals surface area contributed by atoms with Crippen LogP contribution < -0.4 is 11.1 Å². The Morgan fingerprint density at radius 3 is 2.53 bits per heavy atom. The predicted octanol–water partition coefficient (Wildman–Crippen LogP) is 4.15. The van der Waals surface area contributed by atoms with Crippen molar-refractivity contribution in [2.75, 3.05) is 13.2 Å². The second-order valence-corrected chi connectivity index (χ2v) is 8.45. The van der Waals surface area contributed by atoms with Crippen LogP contribution in [0.25, 0.3) is 0 Å². The first-order chi connectivity index (χ1) is 14.3. The molecule has 1 unspecified atom stereocenters. The summed E-state index contributed by atoms with van der Waals surface area (Å²) in [6, 6.07) is 10.3. The van der Waals surface area contributed by atoms with Crippen LogP contribution in [0.4, 0.5) is 23.7 Å². The number of aliphatic imine (C=N–C) groups is 1. The van der Waals surface area contributed by atoms with Gasteiger partial charge in [-0.25, -0.2) is 4.79 Å². The summed E-state index contributed by atoms with van der Waals surface area (Å²) < 4.78 is 42.9. The number of nitrogens with zero attached hydrogens (tertiary/aromatic N) is 1. The van der Waals surface area contributed by atoms with Crippen molar-refractivity contribution in [2.24, 2.45) is 10.7 Å². The number of carbonyl (C=O) groups is 2. The highest BCUT2D eigenvalue weighted by Gasteiger charge is 2.30. The van der Waals surface area contributed by atoms with Crippen LogP contribution in [0.1, 0.15) is 27.9 Å². The molecule has 0 saturated carbocycles. The standard InChI is InChI=1S/C20H20F3N3O3S/c21-20(22,23)14-7-5-13(6-8-14)11-30-12-26-16-4-1-3-15(17(16)30)18(27)25-9-2-10-29-19(24)28/h1,3-8,12,30H,2,9-11H2,(H2,24,28)(H,25,27). The Morgan fingerprint density at radius 1 is 1.13 bits per heavy atom. The smallest absolute Gasteiger partial charge is 0.416 e. The number of thiol groups is 1. The molecule has 160 valence electrons. The minimum atomic E-state index is -4.38. The normalized spacial score (nSPS) is 16.2. The number of hydrogen-bond donors (Lipinski definition) is 3. The molecule has 0 aliphatic carbocycles. The minimum Gasteiger partial charge on any atom is -0.450 e. The summed E-state index contributed by atoms with van der Waals surface area (Å²) in [5.74, 6) is 0.206. The largest absolute Gasteiger partial charge is 0.450 e. The Kier molecular flexibility index (Phi) is 6.66. The van der Waals surface area contributed by atoms with E-state index in [-0.39, 0.29) is 12.5 Å². The molecule has 30 heavy (non-hydrogen) atoms. The van der Waals surface area contributed by atoms with Gasteiger partial charge in [-0.15, -0.1) is 0 Å². The van der Waals surface area contributed by atoms with E-state index in [4.69, 9.17) is 5.73 Å². The van der Waals surface area contributed by atoms with Crippen LogP contribution in [-0.4, -0.2) is 30.7 Å². The molecular formula is C20H20F3N3O3S. The summed E-state index contributed by atoms with van der Waals surface area (Å²) in [5, 5.41) is 2.77. The SMILES string of the molecule is NC(=O)OCCCNC(=O)c1cccc2c1[SH](Cc1ccc(C(F)(F)F)cc1)C=N2. The van der Waals surface area contributed by atoms with Crippen LogP contribution >= 0.6 is 10.9 Å². The topological polar surface area (TPSA) is 93.8 Å². The van der Waals surface area contributed by atoms with Crippen molar-refractivity contribution in [3.05, 3.63) is 59.2 Å². The molecule has 6 nitrogen and oxygen atoms in total. The Bertz CT molecular complexity index is 962. The molecule has 0 radical (unpaired) electrons. The molecule has 0 fully saturated rings. The first-order valence-electron chi connectivity index (χ1n) is 9.06. The van der Waals surface area contributed by atoms with Gasteiger partial charge in [0, 0.05) is 22.7 Å². The van der Waals surface area contributed by atoms with Gasteiger partial charge in [0.2, 0.25) is 0 Å². The van der Waals surface area contributed by atoms with E-state index in [1.54, 1.807) is 23.7 Å². The third kappa shape index (κ3) is 5.32. The van der Waals surface area contributed by atoms with Gasteiger partial charge in [0.05, 0.1) is 23.4 Å². The zero-order valence-electron chi connectivity index (χ0n) is 15.8. The lowest BCUT2D eigenvalue weighted by Crippen LogP contribution is -2.26. The monoisotopic (exact) mass is 439 g/mol. The van der Waals surface area contributed by atoms with Crippen molar-refractivity contribution in [3.63, 3.8) is 0 Å². The van der Waals surface area contributed by atoms with E-state index < -0.39 is 28.7 Å². The summed E-state index contributed by atoms with van der Waals surface area (Å²) in [5.41, 5.74) is 7.88. The maximum atomic E-state index is 12.8. The van der Waals surface area contributed by atoms with E-state index in [9.17, 15) is 22.8 Å². The summed E-state index contributed by atoms with van der Waals surface area (Å²) in [6.07, 6.45) is -4.83. The van der Waals surface area contributed by atoms with E-state index in [0.29, 0.717) is 30.0 Å². The van der Waals surface area contributed by atoms with Crippen molar-refractivity contribution in [1.82, 2.24) is 5.32 Å². The fraction of sp³-hybridized carbons (Fsp3) is 0.250. The number of fused-ring (bicyclic) bond motifs is 1. The minimum absolute atomic E-state index is 0.103. The molecule has 0 aromatic heterocycles. The zero-order valence-corrected chi connectivity index (χ0v) is 16.7. The van der Waals surface area contributed by atoms with Gasteiger partial charge in [0.15, 0.2) is 0 Å². The quantitative estimate of drug-likeness (QED) is 0.447. The van der Waals surface area contributed by atoms with Crippen LogP contribution in [0.2, 0.25) is 0 Å². The van der Waals surface area contributed by atoms with E-state index >= 15 is 0 Å². The Morgan fingerprint density at radius 2 is 1.87 bits per heavy atom. The molecule has 2 amide bonds. The Balaban J connectivity index is 1.69. The molecule has 0 bridgehead atoms. The van der Waals surface area contributed by atoms with Gasteiger partial charge in [-0.05, 0) is 36.2 Å². The molecular weight excluding hydrogens is 419 g/mol. The van der Waals surface area contributed by atoms with Gasteiger partial charge in [0.1, 0.15) is 0 Å². The number of primary amides is 1. The second kappa shape index (κ2) is 9.21. The summed E-state index contributed by atoms with van der Waals surface area (Å²) in [4.78, 5) is 28.4. The number of nitrogens with two attached hydrogens (primary N) is 1. The molecule has 10 heteroatoms. The van der Waals surface area contributed by atoms with E-state index in [2.05, 4.69) is 15.0 Å². The van der Waals surface area contributed by atoms with E-state index in [1.807, 2.05) is 0 Å². The molecule has 1 heterocycles. The number of carbonyl (C=O) groups excluding carboxylic acids is 2. The third-order valence-electron chi connectivity index (χ3n) is 4.37. The molecule has 1 aliphatic rings. The lowest BCUT2D eigenvalue weighted by Gasteiger charge is -2.18. The van der Waals surface area contributed by atoms with Crippen LogP contribution in [-0.2, 0) is 16.7 Å². The fourth-order valence-corrected chi connectivity index (χ4v) is 5.10. The van der Waals surface area contributed by atoms with Crippen molar-refractivity contribution >= 4 is 34.1 Å². The number of halogens is 3. The predicted molar refractivity (Wildman–Crippen MR) is 109 cm³/mol. The number of amides is 2. The van der Waals surface area contributed by atoms with Crippen molar-refractivity contribution in [2.45, 2.75) is 23.2 Å². The first kappa shape index (κ1) is 21.7. The van der Waals surface area contributed by atoms with E-state index in [1.165, 1.54) is 12.1 Å². The average Bonchev–Trinajstić information content (AvgIpc) is 3.10. The van der Waals surface area contributed by atoms with Gasteiger partial charge in [-0.2, -0.15) is 24.1 Å². The molecule has 1 atom stereocenters. The zero-order chi connectivity index (χ0) is 21.7. The number of ether oxygens (including phenoxy) is 1. The maximum absolute atomic E-state index is 12.8. The summed E-state index contributed by atoms with van der Waals surface area (Å²) in [6.45, 7) is 0.402. The van der Waals surface area contributed by atoms with Gasteiger partial charge in [0.25, 0.3) is 5.91 Å².